The van der Waals surface area contributed by atoms with Crippen LogP contribution in [0.4, 0.5) is 0 Å². The zero-order chi connectivity index (χ0) is 20.6. The average molecular weight is 451 g/mol. The first kappa shape index (κ1) is 24.7. The van der Waals surface area contributed by atoms with E-state index in [4.69, 9.17) is 16.3 Å². The lowest BCUT2D eigenvalue weighted by molar-refractivity contribution is -0.0346. The van der Waals surface area contributed by atoms with Gasteiger partial charge in [-0.3, -0.25) is 4.79 Å². The number of carbonyl (C=O) groups is 1. The highest BCUT2D eigenvalue weighted by Crippen LogP contribution is 2.26. The van der Waals surface area contributed by atoms with Crippen molar-refractivity contribution in [2.75, 3.05) is 19.7 Å². The lowest BCUT2D eigenvalue weighted by Crippen LogP contribution is -2.40. The summed E-state index contributed by atoms with van der Waals surface area (Å²) in [5.74, 6) is 0.864. The molecular weight excluding hydrogens is 419 g/mol. The number of ether oxygens (including phenoxy) is 1. The van der Waals surface area contributed by atoms with E-state index in [0.29, 0.717) is 29.0 Å². The predicted molar refractivity (Wildman–Crippen MR) is 126 cm³/mol. The molecule has 1 aliphatic heterocycles. The first-order valence-corrected chi connectivity index (χ1v) is 10.9. The van der Waals surface area contributed by atoms with Gasteiger partial charge in [0, 0.05) is 10.6 Å². The molecule has 164 valence electrons. The Balaban J connectivity index is 0.00000320. The van der Waals surface area contributed by atoms with Gasteiger partial charge in [0.1, 0.15) is 0 Å². The van der Waals surface area contributed by atoms with Gasteiger partial charge in [0.2, 0.25) is 0 Å². The minimum atomic E-state index is -0.206. The summed E-state index contributed by atoms with van der Waals surface area (Å²) in [5.41, 5.74) is 1.64. The normalized spacial score (nSPS) is 16.5. The van der Waals surface area contributed by atoms with Gasteiger partial charge in [0.05, 0.1) is 18.8 Å². The first-order chi connectivity index (χ1) is 14.0. The number of hydrogen-bond acceptors (Lipinski definition) is 3. The molecule has 1 fully saturated rings. The van der Waals surface area contributed by atoms with E-state index >= 15 is 0 Å². The summed E-state index contributed by atoms with van der Waals surface area (Å²) in [6.07, 6.45) is 2.46. The van der Waals surface area contributed by atoms with Gasteiger partial charge in [-0.25, -0.2) is 0 Å². The van der Waals surface area contributed by atoms with Crippen molar-refractivity contribution in [1.82, 2.24) is 10.6 Å². The number of benzene rings is 2. The van der Waals surface area contributed by atoms with Crippen molar-refractivity contribution in [3.8, 4) is 0 Å². The second-order valence-electron chi connectivity index (χ2n) is 8.07. The summed E-state index contributed by atoms with van der Waals surface area (Å²) < 4.78 is 6.45. The number of nitrogens with one attached hydrogen (secondary N) is 2. The number of rotatable bonds is 8. The molecule has 2 aromatic carbocycles. The Bertz CT molecular complexity index is 763. The second kappa shape index (κ2) is 12.3. The number of carbonyl (C=O) groups excluding carboxylic acids is 1. The van der Waals surface area contributed by atoms with Crippen LogP contribution in [0.3, 0.4) is 0 Å². The molecule has 1 aliphatic rings. The molecule has 0 saturated carbocycles. The van der Waals surface area contributed by atoms with Crippen LogP contribution in [0.2, 0.25) is 5.02 Å². The van der Waals surface area contributed by atoms with E-state index in [1.54, 1.807) is 24.3 Å². The fraction of sp³-hybridized carbons (Fsp3) is 0.458. The zero-order valence-electron chi connectivity index (χ0n) is 17.6. The first-order valence-electron chi connectivity index (χ1n) is 10.5. The molecule has 2 aromatic rings. The van der Waals surface area contributed by atoms with E-state index in [1.165, 1.54) is 0 Å². The Labute approximate surface area is 191 Å². The van der Waals surface area contributed by atoms with Crippen LogP contribution in [0, 0.1) is 11.8 Å². The van der Waals surface area contributed by atoms with Gasteiger partial charge in [0.15, 0.2) is 0 Å². The second-order valence-corrected chi connectivity index (χ2v) is 8.51. The van der Waals surface area contributed by atoms with Gasteiger partial charge in [0.25, 0.3) is 5.91 Å². The summed E-state index contributed by atoms with van der Waals surface area (Å²) in [4.78, 5) is 12.8. The summed E-state index contributed by atoms with van der Waals surface area (Å²) in [5, 5.41) is 7.19. The molecule has 30 heavy (non-hydrogen) atoms. The molecule has 0 bridgehead atoms. The van der Waals surface area contributed by atoms with Crippen LogP contribution in [0.1, 0.15) is 48.7 Å². The highest BCUT2D eigenvalue weighted by molar-refractivity contribution is 6.30. The molecule has 4 nitrogen and oxygen atoms in total. The SMILES string of the molecule is CC(C)C(OC[C@H](NC(=O)c1ccc(Cl)cc1)c1ccccc1)C1CCNCC1.Cl. The fourth-order valence-electron chi connectivity index (χ4n) is 4.00. The summed E-state index contributed by atoms with van der Waals surface area (Å²) in [7, 11) is 0. The van der Waals surface area contributed by atoms with Crippen LogP contribution in [0.15, 0.2) is 54.6 Å². The molecule has 1 unspecified atom stereocenters. The highest BCUT2D eigenvalue weighted by Gasteiger charge is 2.28. The molecule has 0 aliphatic carbocycles. The van der Waals surface area contributed by atoms with E-state index in [-0.39, 0.29) is 30.5 Å². The minimum absolute atomic E-state index is 0. The molecule has 6 heteroatoms. The van der Waals surface area contributed by atoms with E-state index in [2.05, 4.69) is 24.5 Å². The van der Waals surface area contributed by atoms with Gasteiger partial charge in [-0.05, 0) is 67.6 Å². The van der Waals surface area contributed by atoms with Crippen LogP contribution < -0.4 is 10.6 Å². The van der Waals surface area contributed by atoms with Crippen molar-refractivity contribution >= 4 is 29.9 Å². The van der Waals surface area contributed by atoms with E-state index in [1.807, 2.05) is 30.3 Å². The van der Waals surface area contributed by atoms with E-state index in [9.17, 15) is 4.79 Å². The van der Waals surface area contributed by atoms with Gasteiger partial charge in [-0.15, -0.1) is 12.4 Å². The summed E-state index contributed by atoms with van der Waals surface area (Å²) >= 11 is 5.95. The molecule has 0 spiro atoms. The van der Waals surface area contributed by atoms with Crippen LogP contribution in [0.25, 0.3) is 0 Å². The molecule has 0 aromatic heterocycles. The molecule has 1 amide bonds. The number of halogens is 2. The van der Waals surface area contributed by atoms with Crippen molar-refractivity contribution < 1.29 is 9.53 Å². The van der Waals surface area contributed by atoms with Gasteiger partial charge >= 0.3 is 0 Å². The van der Waals surface area contributed by atoms with Crippen LogP contribution in [0.5, 0.6) is 0 Å². The van der Waals surface area contributed by atoms with Gasteiger partial charge < -0.3 is 15.4 Å². The molecule has 0 radical (unpaired) electrons. The van der Waals surface area contributed by atoms with Crippen molar-refractivity contribution in [2.45, 2.75) is 38.8 Å². The maximum atomic E-state index is 12.8. The van der Waals surface area contributed by atoms with Gasteiger partial charge in [-0.1, -0.05) is 55.8 Å². The molecule has 2 atom stereocenters. The quantitative estimate of drug-likeness (QED) is 0.575. The molecule has 3 rings (SSSR count). The van der Waals surface area contributed by atoms with Crippen LogP contribution >= 0.6 is 24.0 Å². The van der Waals surface area contributed by atoms with Crippen LogP contribution in [-0.4, -0.2) is 31.7 Å². The molecular formula is C24H32Cl2N2O2. The Morgan fingerprint density at radius 1 is 1.10 bits per heavy atom. The third-order valence-corrected chi connectivity index (χ3v) is 5.83. The lowest BCUT2D eigenvalue weighted by atomic mass is 9.86. The maximum Gasteiger partial charge on any atom is 0.251 e. The third-order valence-electron chi connectivity index (χ3n) is 5.57. The number of hydrogen-bond donors (Lipinski definition) is 2. The average Bonchev–Trinajstić information content (AvgIpc) is 2.74. The molecule has 2 N–H and O–H groups in total. The monoisotopic (exact) mass is 450 g/mol. The lowest BCUT2D eigenvalue weighted by Gasteiger charge is -2.34. The Morgan fingerprint density at radius 2 is 1.73 bits per heavy atom. The Morgan fingerprint density at radius 3 is 2.33 bits per heavy atom. The number of amides is 1. The van der Waals surface area contributed by atoms with Crippen molar-refractivity contribution in [1.29, 1.82) is 0 Å². The van der Waals surface area contributed by atoms with E-state index < -0.39 is 0 Å². The smallest absolute Gasteiger partial charge is 0.251 e. The minimum Gasteiger partial charge on any atom is -0.375 e. The largest absolute Gasteiger partial charge is 0.375 e. The zero-order valence-corrected chi connectivity index (χ0v) is 19.2. The highest BCUT2D eigenvalue weighted by atomic mass is 35.5. The van der Waals surface area contributed by atoms with Crippen molar-refractivity contribution in [3.05, 3.63) is 70.7 Å². The van der Waals surface area contributed by atoms with Crippen LogP contribution in [-0.2, 0) is 4.74 Å². The third kappa shape index (κ3) is 6.98. The Hall–Kier alpha value is -1.59. The predicted octanol–water partition coefficient (Wildman–Crippen LogP) is 5.27. The maximum absolute atomic E-state index is 12.8. The fourth-order valence-corrected chi connectivity index (χ4v) is 4.13. The Kier molecular flexibility index (Phi) is 10.1. The molecule has 1 heterocycles. The summed E-state index contributed by atoms with van der Waals surface area (Å²) in [6.45, 7) is 6.99. The summed E-state index contributed by atoms with van der Waals surface area (Å²) in [6, 6.07) is 16.8. The van der Waals surface area contributed by atoms with Gasteiger partial charge in [-0.2, -0.15) is 0 Å². The van der Waals surface area contributed by atoms with Crippen molar-refractivity contribution in [2.24, 2.45) is 11.8 Å². The standard InChI is InChI=1S/C24H31ClN2O2.ClH/c1-17(2)23(19-12-14-26-15-13-19)29-16-22(18-6-4-3-5-7-18)27-24(28)20-8-10-21(25)11-9-20;/h3-11,17,19,22-23,26H,12-16H2,1-2H3,(H,27,28);1H/t22-,23?;/m0./s1. The molecule has 1 saturated heterocycles. The van der Waals surface area contributed by atoms with Crippen molar-refractivity contribution in [3.63, 3.8) is 0 Å². The van der Waals surface area contributed by atoms with E-state index in [0.717, 1.165) is 31.5 Å². The number of piperidine rings is 1. The topological polar surface area (TPSA) is 50.4 Å².